The molecular weight excluding hydrogens is 312 g/mol. The van der Waals surface area contributed by atoms with Gasteiger partial charge in [-0.3, -0.25) is 0 Å². The molecule has 2 aromatic rings. The minimum atomic E-state index is 0.290. The van der Waals surface area contributed by atoms with E-state index in [4.69, 9.17) is 11.6 Å². The highest BCUT2D eigenvalue weighted by Crippen LogP contribution is 2.32. The normalized spacial score (nSPS) is 15.9. The number of aromatic nitrogens is 2. The van der Waals surface area contributed by atoms with Crippen LogP contribution in [0.1, 0.15) is 18.7 Å². The van der Waals surface area contributed by atoms with Crippen molar-refractivity contribution in [2.24, 2.45) is 13.0 Å². The van der Waals surface area contributed by atoms with Gasteiger partial charge in [-0.1, -0.05) is 11.6 Å². The van der Waals surface area contributed by atoms with Crippen molar-refractivity contribution in [1.29, 1.82) is 0 Å². The molecule has 0 amide bonds. The van der Waals surface area contributed by atoms with Crippen molar-refractivity contribution in [3.63, 3.8) is 0 Å². The summed E-state index contributed by atoms with van der Waals surface area (Å²) in [5, 5.41) is 13.5. The maximum Gasteiger partial charge on any atom is 0.127 e. The fourth-order valence-electron chi connectivity index (χ4n) is 3.02. The van der Waals surface area contributed by atoms with E-state index in [0.717, 1.165) is 42.5 Å². The summed E-state index contributed by atoms with van der Waals surface area (Å²) in [6.07, 6.45) is 5.79. The maximum absolute atomic E-state index is 9.30. The molecule has 1 aliphatic rings. The van der Waals surface area contributed by atoms with Crippen molar-refractivity contribution in [3.05, 3.63) is 41.4 Å². The van der Waals surface area contributed by atoms with Crippen LogP contribution in [0.5, 0.6) is 0 Å². The Kier molecular flexibility index (Phi) is 5.08. The number of imidazole rings is 1. The van der Waals surface area contributed by atoms with Crippen LogP contribution in [0.4, 0.5) is 11.4 Å². The summed E-state index contributed by atoms with van der Waals surface area (Å²) in [6.45, 7) is 2.87. The van der Waals surface area contributed by atoms with Gasteiger partial charge in [-0.25, -0.2) is 4.98 Å². The van der Waals surface area contributed by atoms with Gasteiger partial charge in [0, 0.05) is 44.2 Å². The second-order valence-electron chi connectivity index (χ2n) is 6.08. The van der Waals surface area contributed by atoms with Crippen molar-refractivity contribution in [2.45, 2.75) is 19.4 Å². The predicted molar refractivity (Wildman–Crippen MR) is 94.0 cm³/mol. The number of aliphatic hydroxyl groups is 1. The highest BCUT2D eigenvalue weighted by Gasteiger charge is 2.20. The molecule has 2 heterocycles. The van der Waals surface area contributed by atoms with Gasteiger partial charge in [0.1, 0.15) is 5.82 Å². The zero-order chi connectivity index (χ0) is 16.2. The van der Waals surface area contributed by atoms with Crippen LogP contribution in [0.25, 0.3) is 0 Å². The Morgan fingerprint density at radius 2 is 2.13 bits per heavy atom. The molecule has 3 rings (SSSR count). The molecule has 0 radical (unpaired) electrons. The Labute approximate surface area is 141 Å². The minimum absolute atomic E-state index is 0.290. The van der Waals surface area contributed by atoms with Crippen LogP contribution in [0.15, 0.2) is 30.6 Å². The van der Waals surface area contributed by atoms with E-state index < -0.39 is 0 Å². The monoisotopic (exact) mass is 334 g/mol. The number of nitrogens with one attached hydrogen (secondary N) is 1. The molecule has 6 heteroatoms. The Hall–Kier alpha value is -1.72. The Morgan fingerprint density at radius 1 is 1.35 bits per heavy atom. The number of hydrogen-bond acceptors (Lipinski definition) is 4. The van der Waals surface area contributed by atoms with Crippen molar-refractivity contribution >= 4 is 23.0 Å². The van der Waals surface area contributed by atoms with Gasteiger partial charge in [0.25, 0.3) is 0 Å². The Balaban J connectivity index is 1.74. The fraction of sp³-hybridized carbons (Fsp3) is 0.471. The molecule has 1 saturated heterocycles. The largest absolute Gasteiger partial charge is 0.396 e. The zero-order valence-corrected chi connectivity index (χ0v) is 14.1. The van der Waals surface area contributed by atoms with Gasteiger partial charge < -0.3 is 19.9 Å². The first kappa shape index (κ1) is 16.1. The van der Waals surface area contributed by atoms with E-state index in [2.05, 4.69) is 21.3 Å². The lowest BCUT2D eigenvalue weighted by Crippen LogP contribution is -2.35. The molecule has 23 heavy (non-hydrogen) atoms. The van der Waals surface area contributed by atoms with Crippen molar-refractivity contribution < 1.29 is 5.11 Å². The molecule has 124 valence electrons. The molecule has 2 N–H and O–H groups in total. The van der Waals surface area contributed by atoms with Crippen LogP contribution in [-0.2, 0) is 13.6 Å². The maximum atomic E-state index is 9.30. The molecule has 0 spiro atoms. The highest BCUT2D eigenvalue weighted by molar-refractivity contribution is 6.31. The second-order valence-corrected chi connectivity index (χ2v) is 6.52. The van der Waals surface area contributed by atoms with Gasteiger partial charge in [0.2, 0.25) is 0 Å². The number of anilines is 2. The SMILES string of the molecule is Cn1ccnc1CNc1cc(Cl)ccc1N1CCC(CO)CC1. The zero-order valence-electron chi connectivity index (χ0n) is 13.4. The summed E-state index contributed by atoms with van der Waals surface area (Å²) in [7, 11) is 1.99. The van der Waals surface area contributed by atoms with E-state index in [1.807, 2.05) is 29.9 Å². The first-order valence-corrected chi connectivity index (χ1v) is 8.40. The van der Waals surface area contributed by atoms with Crippen LogP contribution < -0.4 is 10.2 Å². The van der Waals surface area contributed by atoms with E-state index in [1.165, 1.54) is 5.69 Å². The van der Waals surface area contributed by atoms with Crippen LogP contribution in [0, 0.1) is 5.92 Å². The third kappa shape index (κ3) is 3.79. The van der Waals surface area contributed by atoms with Gasteiger partial charge in [0.05, 0.1) is 17.9 Å². The molecule has 0 bridgehead atoms. The number of rotatable bonds is 5. The summed E-state index contributed by atoms with van der Waals surface area (Å²) in [4.78, 5) is 6.71. The van der Waals surface area contributed by atoms with E-state index in [9.17, 15) is 5.11 Å². The van der Waals surface area contributed by atoms with Gasteiger partial charge in [-0.05, 0) is 37.0 Å². The molecular formula is C17H23ClN4O. The van der Waals surface area contributed by atoms with Crippen LogP contribution in [0.2, 0.25) is 5.02 Å². The lowest BCUT2D eigenvalue weighted by atomic mass is 9.97. The van der Waals surface area contributed by atoms with E-state index in [0.29, 0.717) is 19.1 Å². The lowest BCUT2D eigenvalue weighted by molar-refractivity contribution is 0.203. The van der Waals surface area contributed by atoms with Crippen molar-refractivity contribution in [2.75, 3.05) is 29.9 Å². The number of hydrogen-bond donors (Lipinski definition) is 2. The van der Waals surface area contributed by atoms with Gasteiger partial charge in [0.15, 0.2) is 0 Å². The van der Waals surface area contributed by atoms with Crippen LogP contribution >= 0.6 is 11.6 Å². The average molecular weight is 335 g/mol. The average Bonchev–Trinajstić information content (AvgIpc) is 2.98. The molecule has 0 aliphatic carbocycles. The standard InChI is InChI=1S/C17H23ClN4O/c1-21-9-6-19-17(21)11-20-15-10-14(18)2-3-16(15)22-7-4-13(12-23)5-8-22/h2-3,6,9-10,13,20,23H,4-5,7-8,11-12H2,1H3. The Bertz CT molecular complexity index is 650. The molecule has 1 aromatic heterocycles. The minimum Gasteiger partial charge on any atom is -0.396 e. The van der Waals surface area contributed by atoms with Gasteiger partial charge in [-0.2, -0.15) is 0 Å². The predicted octanol–water partition coefficient (Wildman–Crippen LogP) is 2.89. The topological polar surface area (TPSA) is 53.3 Å². The Morgan fingerprint density at radius 3 is 2.78 bits per heavy atom. The number of nitrogens with zero attached hydrogens (tertiary/aromatic N) is 3. The third-order valence-corrected chi connectivity index (χ3v) is 4.77. The molecule has 1 fully saturated rings. The summed E-state index contributed by atoms with van der Waals surface area (Å²) < 4.78 is 2.00. The first-order valence-electron chi connectivity index (χ1n) is 8.03. The van der Waals surface area contributed by atoms with Gasteiger partial charge >= 0.3 is 0 Å². The summed E-state index contributed by atoms with van der Waals surface area (Å²) in [5.41, 5.74) is 2.20. The molecule has 0 atom stereocenters. The number of benzene rings is 1. The summed E-state index contributed by atoms with van der Waals surface area (Å²) in [6, 6.07) is 5.97. The summed E-state index contributed by atoms with van der Waals surface area (Å²) in [5.74, 6) is 1.41. The molecule has 1 aliphatic heterocycles. The molecule has 1 aromatic carbocycles. The second kappa shape index (κ2) is 7.23. The first-order chi connectivity index (χ1) is 11.2. The molecule has 0 saturated carbocycles. The van der Waals surface area contributed by atoms with Crippen LogP contribution in [-0.4, -0.2) is 34.4 Å². The lowest BCUT2D eigenvalue weighted by Gasteiger charge is -2.34. The molecule has 5 nitrogen and oxygen atoms in total. The third-order valence-electron chi connectivity index (χ3n) is 4.53. The van der Waals surface area contributed by atoms with Gasteiger partial charge in [-0.15, -0.1) is 0 Å². The van der Waals surface area contributed by atoms with Crippen LogP contribution in [0.3, 0.4) is 0 Å². The number of piperidine rings is 1. The van der Waals surface area contributed by atoms with E-state index >= 15 is 0 Å². The van der Waals surface area contributed by atoms with E-state index in [-0.39, 0.29) is 0 Å². The highest BCUT2D eigenvalue weighted by atomic mass is 35.5. The summed E-state index contributed by atoms with van der Waals surface area (Å²) >= 11 is 6.18. The van der Waals surface area contributed by atoms with Crippen molar-refractivity contribution in [1.82, 2.24) is 9.55 Å². The quantitative estimate of drug-likeness (QED) is 0.882. The van der Waals surface area contributed by atoms with Crippen molar-refractivity contribution in [3.8, 4) is 0 Å². The number of halogens is 1. The molecule has 0 unspecified atom stereocenters. The smallest absolute Gasteiger partial charge is 0.127 e. The van der Waals surface area contributed by atoms with E-state index in [1.54, 1.807) is 6.20 Å². The fourth-order valence-corrected chi connectivity index (χ4v) is 3.20. The number of aryl methyl sites for hydroxylation is 1. The number of aliphatic hydroxyl groups excluding tert-OH is 1.